The van der Waals surface area contributed by atoms with Crippen molar-refractivity contribution >= 4 is 10.8 Å². The minimum atomic E-state index is 0.386. The van der Waals surface area contributed by atoms with Crippen LogP contribution in [0.15, 0.2) is 42.5 Å². The Kier molecular flexibility index (Phi) is 5.89. The van der Waals surface area contributed by atoms with Crippen molar-refractivity contribution in [2.45, 2.75) is 32.2 Å². The highest BCUT2D eigenvalue weighted by molar-refractivity contribution is 5.88. The fourth-order valence-electron chi connectivity index (χ4n) is 3.43. The summed E-state index contributed by atoms with van der Waals surface area (Å²) in [6.07, 6.45) is 4.06. The first-order valence-corrected chi connectivity index (χ1v) is 8.93. The Morgan fingerprint density at radius 2 is 1.83 bits per heavy atom. The molecule has 1 aliphatic rings. The van der Waals surface area contributed by atoms with Crippen molar-refractivity contribution in [3.8, 4) is 5.75 Å². The Morgan fingerprint density at radius 1 is 1.04 bits per heavy atom. The zero-order chi connectivity index (χ0) is 15.9. The summed E-state index contributed by atoms with van der Waals surface area (Å²) in [5, 5.41) is 6.02. The molecule has 1 aliphatic heterocycles. The molecule has 3 heteroatoms. The highest BCUT2D eigenvalue weighted by Crippen LogP contribution is 2.25. The van der Waals surface area contributed by atoms with Gasteiger partial charge < -0.3 is 15.0 Å². The van der Waals surface area contributed by atoms with E-state index >= 15 is 0 Å². The second-order valence-electron chi connectivity index (χ2n) is 6.40. The molecule has 124 valence electrons. The molecule has 3 rings (SSSR count). The van der Waals surface area contributed by atoms with Crippen molar-refractivity contribution in [1.82, 2.24) is 10.2 Å². The van der Waals surface area contributed by atoms with Gasteiger partial charge in [0.25, 0.3) is 0 Å². The maximum Gasteiger partial charge on any atom is 0.127 e. The van der Waals surface area contributed by atoms with E-state index in [2.05, 4.69) is 59.6 Å². The number of nitrogens with zero attached hydrogens (tertiary/aromatic N) is 1. The van der Waals surface area contributed by atoms with Crippen molar-refractivity contribution in [1.29, 1.82) is 0 Å². The number of likely N-dealkylation sites (tertiary alicyclic amines) is 1. The third kappa shape index (κ3) is 4.46. The van der Waals surface area contributed by atoms with Crippen LogP contribution in [0.5, 0.6) is 5.75 Å². The van der Waals surface area contributed by atoms with Crippen LogP contribution in [-0.2, 0) is 0 Å². The summed E-state index contributed by atoms with van der Waals surface area (Å²) in [4.78, 5) is 2.57. The average molecular weight is 312 g/mol. The fourth-order valence-corrected chi connectivity index (χ4v) is 3.43. The van der Waals surface area contributed by atoms with Crippen molar-refractivity contribution in [3.63, 3.8) is 0 Å². The molecule has 1 N–H and O–H groups in total. The smallest absolute Gasteiger partial charge is 0.127 e. The van der Waals surface area contributed by atoms with E-state index in [-0.39, 0.29) is 0 Å². The molecule has 1 unspecified atom stereocenters. The van der Waals surface area contributed by atoms with E-state index in [0.717, 1.165) is 25.4 Å². The fraction of sp³-hybridized carbons (Fsp3) is 0.500. The number of fused-ring (bicyclic) bond motifs is 1. The molecule has 0 aromatic heterocycles. The molecular weight excluding hydrogens is 284 g/mol. The number of likely N-dealkylation sites (N-methyl/N-ethyl adjacent to an activating group) is 1. The maximum absolute atomic E-state index is 6.19. The second-order valence-corrected chi connectivity index (χ2v) is 6.40. The Hall–Kier alpha value is -1.58. The summed E-state index contributed by atoms with van der Waals surface area (Å²) in [6.45, 7) is 7.42. The van der Waals surface area contributed by atoms with Gasteiger partial charge in [-0.3, -0.25) is 0 Å². The normalized spacial score (nSPS) is 17.3. The van der Waals surface area contributed by atoms with Crippen LogP contribution in [-0.4, -0.2) is 43.7 Å². The molecule has 0 bridgehead atoms. The number of ether oxygens (including phenoxy) is 1. The molecule has 1 heterocycles. The zero-order valence-electron chi connectivity index (χ0n) is 14.1. The molecule has 23 heavy (non-hydrogen) atoms. The van der Waals surface area contributed by atoms with Crippen molar-refractivity contribution in [2.24, 2.45) is 0 Å². The van der Waals surface area contributed by atoms with Crippen LogP contribution in [0.2, 0.25) is 0 Å². The quantitative estimate of drug-likeness (QED) is 0.844. The molecule has 1 fully saturated rings. The number of piperidine rings is 1. The lowest BCUT2D eigenvalue weighted by Gasteiger charge is -2.30. The predicted octanol–water partition coefficient (Wildman–Crippen LogP) is 3.68. The van der Waals surface area contributed by atoms with Gasteiger partial charge in [0.1, 0.15) is 12.4 Å². The van der Waals surface area contributed by atoms with Gasteiger partial charge in [-0.2, -0.15) is 0 Å². The summed E-state index contributed by atoms with van der Waals surface area (Å²) in [7, 11) is 0. The van der Waals surface area contributed by atoms with Crippen LogP contribution < -0.4 is 10.1 Å². The topological polar surface area (TPSA) is 24.5 Å². The number of benzene rings is 2. The molecule has 0 radical (unpaired) electrons. The highest BCUT2D eigenvalue weighted by Gasteiger charge is 2.16. The zero-order valence-corrected chi connectivity index (χ0v) is 14.1. The molecule has 2 aromatic carbocycles. The van der Waals surface area contributed by atoms with Crippen LogP contribution in [0.3, 0.4) is 0 Å². The minimum Gasteiger partial charge on any atom is -0.491 e. The Balaban J connectivity index is 1.63. The van der Waals surface area contributed by atoms with E-state index in [4.69, 9.17) is 4.74 Å². The van der Waals surface area contributed by atoms with Gasteiger partial charge in [-0.15, -0.1) is 0 Å². The molecule has 3 nitrogen and oxygen atoms in total. The second kappa shape index (κ2) is 8.32. The van der Waals surface area contributed by atoms with Crippen LogP contribution in [0.4, 0.5) is 0 Å². The lowest BCUT2D eigenvalue weighted by atomic mass is 10.1. The lowest BCUT2D eigenvalue weighted by molar-refractivity contribution is 0.173. The molecule has 0 spiro atoms. The van der Waals surface area contributed by atoms with E-state index in [1.807, 2.05) is 0 Å². The summed E-state index contributed by atoms with van der Waals surface area (Å²) in [5.41, 5.74) is 0. The van der Waals surface area contributed by atoms with E-state index in [1.165, 1.54) is 43.1 Å². The van der Waals surface area contributed by atoms with Gasteiger partial charge in [0, 0.05) is 11.9 Å². The van der Waals surface area contributed by atoms with Crippen molar-refractivity contribution in [3.05, 3.63) is 42.5 Å². The van der Waals surface area contributed by atoms with Gasteiger partial charge in [0.2, 0.25) is 0 Å². The standard InChI is InChI=1S/C20H28N2O/c1-2-21-18(15-22-13-6-3-7-14-22)16-23-20-12-8-10-17-9-4-5-11-19(17)20/h4-5,8-12,18,21H,2-3,6-7,13-16H2,1H3. The number of rotatable bonds is 7. The summed E-state index contributed by atoms with van der Waals surface area (Å²) >= 11 is 0. The third-order valence-corrected chi connectivity index (χ3v) is 4.61. The number of hydrogen-bond donors (Lipinski definition) is 1. The van der Waals surface area contributed by atoms with Crippen molar-refractivity contribution in [2.75, 3.05) is 32.8 Å². The Labute approximate surface area is 139 Å². The predicted molar refractivity (Wildman–Crippen MR) is 97.2 cm³/mol. The molecule has 0 saturated carbocycles. The van der Waals surface area contributed by atoms with Gasteiger partial charge in [0.05, 0.1) is 6.04 Å². The Bertz CT molecular complexity index is 602. The number of hydrogen-bond acceptors (Lipinski definition) is 3. The summed E-state index contributed by atoms with van der Waals surface area (Å²) in [6, 6.07) is 15.1. The van der Waals surface area contributed by atoms with Crippen LogP contribution in [0.25, 0.3) is 10.8 Å². The van der Waals surface area contributed by atoms with Crippen LogP contribution in [0.1, 0.15) is 26.2 Å². The maximum atomic E-state index is 6.19. The molecular formula is C20H28N2O. The van der Waals surface area contributed by atoms with Gasteiger partial charge in [-0.05, 0) is 43.9 Å². The third-order valence-electron chi connectivity index (χ3n) is 4.61. The first kappa shape index (κ1) is 16.3. The van der Waals surface area contributed by atoms with E-state index in [9.17, 15) is 0 Å². The number of nitrogens with one attached hydrogen (secondary N) is 1. The minimum absolute atomic E-state index is 0.386. The van der Waals surface area contributed by atoms with E-state index in [0.29, 0.717) is 6.04 Å². The van der Waals surface area contributed by atoms with Crippen LogP contribution >= 0.6 is 0 Å². The molecule has 0 amide bonds. The van der Waals surface area contributed by atoms with E-state index < -0.39 is 0 Å². The molecule has 0 aliphatic carbocycles. The van der Waals surface area contributed by atoms with E-state index in [1.54, 1.807) is 0 Å². The van der Waals surface area contributed by atoms with Crippen LogP contribution in [0, 0.1) is 0 Å². The Morgan fingerprint density at radius 3 is 2.65 bits per heavy atom. The SMILES string of the molecule is CCNC(COc1cccc2ccccc12)CN1CCCCC1. The largest absolute Gasteiger partial charge is 0.491 e. The van der Waals surface area contributed by atoms with Gasteiger partial charge >= 0.3 is 0 Å². The first-order chi connectivity index (χ1) is 11.4. The summed E-state index contributed by atoms with van der Waals surface area (Å²) < 4.78 is 6.19. The molecule has 1 atom stereocenters. The highest BCUT2D eigenvalue weighted by atomic mass is 16.5. The molecule has 1 saturated heterocycles. The van der Waals surface area contributed by atoms with Crippen molar-refractivity contribution < 1.29 is 4.74 Å². The monoisotopic (exact) mass is 312 g/mol. The lowest BCUT2D eigenvalue weighted by Crippen LogP contribution is -2.46. The average Bonchev–Trinajstić information content (AvgIpc) is 2.61. The van der Waals surface area contributed by atoms with Gasteiger partial charge in [-0.25, -0.2) is 0 Å². The molecule has 2 aromatic rings. The summed E-state index contributed by atoms with van der Waals surface area (Å²) in [5.74, 6) is 0.990. The van der Waals surface area contributed by atoms with Gasteiger partial charge in [0.15, 0.2) is 0 Å². The van der Waals surface area contributed by atoms with Gasteiger partial charge in [-0.1, -0.05) is 49.7 Å². The first-order valence-electron chi connectivity index (χ1n) is 8.93.